The highest BCUT2D eigenvalue weighted by Crippen LogP contribution is 2.26. The Morgan fingerprint density at radius 3 is 3.00 bits per heavy atom. The molecule has 1 N–H and O–H groups in total. The molecule has 5 nitrogen and oxygen atoms in total. The second kappa shape index (κ2) is 4.12. The van der Waals surface area contributed by atoms with Crippen LogP contribution in [-0.4, -0.2) is 27.7 Å². The van der Waals surface area contributed by atoms with Gasteiger partial charge in [-0.25, -0.2) is 14.8 Å². The van der Waals surface area contributed by atoms with Crippen LogP contribution in [0.25, 0.3) is 0 Å². The number of halogens is 1. The molecular formula is C9H9ClN2O3. The lowest BCUT2D eigenvalue weighted by atomic mass is 10.2. The van der Waals surface area contributed by atoms with E-state index in [2.05, 4.69) is 9.97 Å². The summed E-state index contributed by atoms with van der Waals surface area (Å²) < 4.78 is 5.35. The van der Waals surface area contributed by atoms with Crippen LogP contribution in [0.2, 0.25) is 5.15 Å². The molecule has 0 amide bonds. The lowest BCUT2D eigenvalue weighted by molar-refractivity contribution is 0.0686. The average Bonchev–Trinajstić information content (AvgIpc) is 2.69. The first-order chi connectivity index (χ1) is 7.16. The average molecular weight is 229 g/mol. The van der Waals surface area contributed by atoms with E-state index in [0.717, 1.165) is 12.8 Å². The zero-order valence-electron chi connectivity index (χ0n) is 7.81. The Labute approximate surface area is 91.1 Å². The smallest absolute Gasteiger partial charge is 0.354 e. The first kappa shape index (κ1) is 10.3. The number of aromatic carboxylic acids is 1. The molecule has 1 aliphatic heterocycles. The Morgan fingerprint density at radius 2 is 2.40 bits per heavy atom. The number of hydrogen-bond acceptors (Lipinski definition) is 4. The molecular weight excluding hydrogens is 220 g/mol. The number of hydrogen-bond donors (Lipinski definition) is 1. The van der Waals surface area contributed by atoms with Crippen molar-refractivity contribution in [1.82, 2.24) is 9.97 Å². The zero-order chi connectivity index (χ0) is 10.8. The predicted octanol–water partition coefficient (Wildman–Crippen LogP) is 1.68. The molecule has 1 saturated heterocycles. The number of carboxylic acid groups (broad SMARTS) is 1. The van der Waals surface area contributed by atoms with Gasteiger partial charge in [0.2, 0.25) is 0 Å². The normalized spacial score (nSPS) is 20.5. The van der Waals surface area contributed by atoms with Gasteiger partial charge in [0.15, 0.2) is 11.5 Å². The molecule has 15 heavy (non-hydrogen) atoms. The highest BCUT2D eigenvalue weighted by atomic mass is 35.5. The van der Waals surface area contributed by atoms with E-state index in [1.54, 1.807) is 0 Å². The molecule has 0 spiro atoms. The first-order valence-corrected chi connectivity index (χ1v) is 4.94. The van der Waals surface area contributed by atoms with Gasteiger partial charge in [-0.15, -0.1) is 0 Å². The third-order valence-corrected chi connectivity index (χ3v) is 2.34. The maximum Gasteiger partial charge on any atom is 0.354 e. The Bertz CT molecular complexity index is 391. The SMILES string of the molecule is O=C(O)c1cc(Cl)nc(C2CCCO2)n1. The largest absolute Gasteiger partial charge is 0.477 e. The van der Waals surface area contributed by atoms with Gasteiger partial charge < -0.3 is 9.84 Å². The van der Waals surface area contributed by atoms with Crippen LogP contribution in [0.15, 0.2) is 6.07 Å². The maximum absolute atomic E-state index is 10.7. The summed E-state index contributed by atoms with van der Waals surface area (Å²) in [5.41, 5.74) is -0.0968. The Kier molecular flexibility index (Phi) is 2.83. The number of rotatable bonds is 2. The molecule has 0 bridgehead atoms. The molecule has 2 rings (SSSR count). The monoisotopic (exact) mass is 228 g/mol. The Hall–Kier alpha value is -1.20. The van der Waals surface area contributed by atoms with Crippen LogP contribution in [0, 0.1) is 0 Å². The van der Waals surface area contributed by atoms with Gasteiger partial charge in [0.25, 0.3) is 0 Å². The number of ether oxygens (including phenoxy) is 1. The van der Waals surface area contributed by atoms with E-state index < -0.39 is 5.97 Å². The van der Waals surface area contributed by atoms with Crippen molar-refractivity contribution in [2.45, 2.75) is 18.9 Å². The summed E-state index contributed by atoms with van der Waals surface area (Å²) in [5, 5.41) is 8.92. The van der Waals surface area contributed by atoms with Gasteiger partial charge >= 0.3 is 5.97 Å². The van der Waals surface area contributed by atoms with E-state index >= 15 is 0 Å². The molecule has 80 valence electrons. The molecule has 1 atom stereocenters. The van der Waals surface area contributed by atoms with Crippen LogP contribution < -0.4 is 0 Å². The maximum atomic E-state index is 10.7. The predicted molar refractivity (Wildman–Crippen MR) is 51.9 cm³/mol. The molecule has 0 radical (unpaired) electrons. The fourth-order valence-corrected chi connectivity index (χ4v) is 1.66. The number of nitrogens with zero attached hydrogens (tertiary/aromatic N) is 2. The Morgan fingerprint density at radius 1 is 1.60 bits per heavy atom. The van der Waals surface area contributed by atoms with Crippen molar-refractivity contribution in [2.75, 3.05) is 6.61 Å². The van der Waals surface area contributed by atoms with E-state index in [9.17, 15) is 4.79 Å². The molecule has 6 heteroatoms. The summed E-state index contributed by atoms with van der Waals surface area (Å²) in [6, 6.07) is 1.22. The summed E-state index contributed by atoms with van der Waals surface area (Å²) in [6.07, 6.45) is 1.52. The summed E-state index contributed by atoms with van der Waals surface area (Å²) in [5.74, 6) is -0.754. The van der Waals surface area contributed by atoms with Crippen LogP contribution in [0.3, 0.4) is 0 Å². The summed E-state index contributed by atoms with van der Waals surface area (Å²) >= 11 is 5.70. The highest BCUT2D eigenvalue weighted by Gasteiger charge is 2.22. The molecule has 1 aliphatic rings. The zero-order valence-corrected chi connectivity index (χ0v) is 8.57. The molecule has 0 saturated carbocycles. The van der Waals surface area contributed by atoms with Crippen molar-refractivity contribution in [1.29, 1.82) is 0 Å². The van der Waals surface area contributed by atoms with Gasteiger partial charge in [0.05, 0.1) is 0 Å². The Balaban J connectivity index is 2.34. The third-order valence-electron chi connectivity index (χ3n) is 2.15. The van der Waals surface area contributed by atoms with Crippen molar-refractivity contribution in [3.8, 4) is 0 Å². The molecule has 2 heterocycles. The molecule has 1 unspecified atom stereocenters. The molecule has 1 fully saturated rings. The molecule has 1 aromatic heterocycles. The van der Waals surface area contributed by atoms with Crippen molar-refractivity contribution in [3.63, 3.8) is 0 Å². The number of aromatic nitrogens is 2. The summed E-state index contributed by atoms with van der Waals surface area (Å²) in [7, 11) is 0. The van der Waals surface area contributed by atoms with Crippen LogP contribution >= 0.6 is 11.6 Å². The molecule has 1 aromatic rings. The van der Waals surface area contributed by atoms with Crippen LogP contribution in [0.4, 0.5) is 0 Å². The van der Waals surface area contributed by atoms with Crippen LogP contribution in [0.5, 0.6) is 0 Å². The van der Waals surface area contributed by atoms with E-state index in [1.807, 2.05) is 0 Å². The van der Waals surface area contributed by atoms with Gasteiger partial charge in [0, 0.05) is 12.7 Å². The second-order valence-corrected chi connectivity index (χ2v) is 3.63. The van der Waals surface area contributed by atoms with Gasteiger partial charge in [-0.3, -0.25) is 0 Å². The van der Waals surface area contributed by atoms with E-state index in [1.165, 1.54) is 6.07 Å². The van der Waals surface area contributed by atoms with Crippen LogP contribution in [0.1, 0.15) is 35.3 Å². The first-order valence-electron chi connectivity index (χ1n) is 4.56. The summed E-state index contributed by atoms with van der Waals surface area (Å²) in [6.45, 7) is 0.656. The van der Waals surface area contributed by atoms with E-state index in [-0.39, 0.29) is 17.0 Å². The molecule has 0 aromatic carbocycles. The molecule has 0 aliphatic carbocycles. The standard InChI is InChI=1S/C9H9ClN2O3/c10-7-4-5(9(13)14)11-8(12-7)6-2-1-3-15-6/h4,6H,1-3H2,(H,13,14). The lowest BCUT2D eigenvalue weighted by Gasteiger charge is -2.08. The second-order valence-electron chi connectivity index (χ2n) is 3.24. The quantitative estimate of drug-likeness (QED) is 0.780. The van der Waals surface area contributed by atoms with Crippen LogP contribution in [-0.2, 0) is 4.74 Å². The van der Waals surface area contributed by atoms with Gasteiger partial charge in [0.1, 0.15) is 11.3 Å². The topological polar surface area (TPSA) is 72.3 Å². The van der Waals surface area contributed by atoms with Gasteiger partial charge in [-0.2, -0.15) is 0 Å². The third kappa shape index (κ3) is 2.24. The van der Waals surface area contributed by atoms with Gasteiger partial charge in [-0.1, -0.05) is 11.6 Å². The van der Waals surface area contributed by atoms with E-state index in [0.29, 0.717) is 12.4 Å². The minimum atomic E-state index is -1.11. The van der Waals surface area contributed by atoms with Crippen molar-refractivity contribution >= 4 is 17.6 Å². The van der Waals surface area contributed by atoms with E-state index in [4.69, 9.17) is 21.4 Å². The summed E-state index contributed by atoms with van der Waals surface area (Å²) in [4.78, 5) is 18.6. The number of carbonyl (C=O) groups is 1. The minimum Gasteiger partial charge on any atom is -0.477 e. The van der Waals surface area contributed by atoms with Gasteiger partial charge in [-0.05, 0) is 12.8 Å². The number of carboxylic acids is 1. The van der Waals surface area contributed by atoms with Crippen molar-refractivity contribution in [2.24, 2.45) is 0 Å². The minimum absolute atomic E-state index is 0.0968. The van der Waals surface area contributed by atoms with Crippen molar-refractivity contribution < 1.29 is 14.6 Å². The van der Waals surface area contributed by atoms with Crippen molar-refractivity contribution in [3.05, 3.63) is 22.7 Å². The fourth-order valence-electron chi connectivity index (χ4n) is 1.47. The fraction of sp³-hybridized carbons (Fsp3) is 0.444. The lowest BCUT2D eigenvalue weighted by Crippen LogP contribution is -2.09. The highest BCUT2D eigenvalue weighted by molar-refractivity contribution is 6.29.